The molecule has 0 aliphatic heterocycles. The maximum absolute atomic E-state index is 10.8. The second-order valence-corrected chi connectivity index (χ2v) is 2.31. The van der Waals surface area contributed by atoms with Crippen molar-refractivity contribution in [1.29, 1.82) is 0 Å². The van der Waals surface area contributed by atoms with Crippen LogP contribution in [0.15, 0.2) is 12.2 Å². The lowest BCUT2D eigenvalue weighted by atomic mass is 10.4. The van der Waals surface area contributed by atoms with Gasteiger partial charge in [0.2, 0.25) is 0 Å². The standard InChI is InChI=1S/C8H12O5/c1-6(2)8(10)11-4-5-12-13-7(3)9/h1,4-5H2,2-3H3. The van der Waals surface area contributed by atoms with Gasteiger partial charge in [-0.15, -0.1) is 0 Å². The molecule has 0 heterocycles. The van der Waals surface area contributed by atoms with Crippen molar-refractivity contribution >= 4 is 11.9 Å². The molecule has 0 aliphatic carbocycles. The highest BCUT2D eigenvalue weighted by molar-refractivity contribution is 5.86. The van der Waals surface area contributed by atoms with E-state index in [9.17, 15) is 9.59 Å². The quantitative estimate of drug-likeness (QED) is 0.208. The molecule has 0 bridgehead atoms. The summed E-state index contributed by atoms with van der Waals surface area (Å²) in [7, 11) is 0. The van der Waals surface area contributed by atoms with Crippen molar-refractivity contribution in [3.05, 3.63) is 12.2 Å². The van der Waals surface area contributed by atoms with Gasteiger partial charge in [-0.2, -0.15) is 4.89 Å². The molecule has 5 heteroatoms. The lowest BCUT2D eigenvalue weighted by Gasteiger charge is -2.03. The third-order valence-electron chi connectivity index (χ3n) is 0.925. The van der Waals surface area contributed by atoms with Crippen molar-refractivity contribution in [1.82, 2.24) is 0 Å². The summed E-state index contributed by atoms with van der Waals surface area (Å²) in [5.41, 5.74) is 0.312. The highest BCUT2D eigenvalue weighted by Gasteiger charge is 2.02. The predicted molar refractivity (Wildman–Crippen MR) is 43.5 cm³/mol. The Bertz CT molecular complexity index is 209. The fourth-order valence-corrected chi connectivity index (χ4v) is 0.416. The monoisotopic (exact) mass is 188 g/mol. The van der Waals surface area contributed by atoms with E-state index in [0.29, 0.717) is 5.57 Å². The van der Waals surface area contributed by atoms with Gasteiger partial charge in [0.05, 0.1) is 0 Å². The second-order valence-electron chi connectivity index (χ2n) is 2.31. The van der Waals surface area contributed by atoms with Crippen LogP contribution in [0.5, 0.6) is 0 Å². The van der Waals surface area contributed by atoms with Crippen molar-refractivity contribution in [3.8, 4) is 0 Å². The zero-order chi connectivity index (χ0) is 10.3. The van der Waals surface area contributed by atoms with Gasteiger partial charge < -0.3 is 4.74 Å². The lowest BCUT2D eigenvalue weighted by Crippen LogP contribution is -2.12. The van der Waals surface area contributed by atoms with Crippen LogP contribution in [0.3, 0.4) is 0 Å². The third kappa shape index (κ3) is 7.02. The predicted octanol–water partition coefficient (Wildman–Crippen LogP) is 0.600. The van der Waals surface area contributed by atoms with Gasteiger partial charge in [-0.3, -0.25) is 4.89 Å². The van der Waals surface area contributed by atoms with Crippen LogP contribution in [-0.2, 0) is 24.1 Å². The largest absolute Gasteiger partial charge is 0.460 e. The summed E-state index contributed by atoms with van der Waals surface area (Å²) in [6.07, 6.45) is 0. The SMILES string of the molecule is C=C(C)C(=O)OCCOOC(C)=O. The zero-order valence-corrected chi connectivity index (χ0v) is 7.66. The van der Waals surface area contributed by atoms with Crippen molar-refractivity contribution in [2.24, 2.45) is 0 Å². The van der Waals surface area contributed by atoms with Gasteiger partial charge in [0.15, 0.2) is 0 Å². The Kier molecular flexibility index (Phi) is 5.54. The summed E-state index contributed by atoms with van der Waals surface area (Å²) in [6, 6.07) is 0. The molecule has 0 aromatic rings. The minimum Gasteiger partial charge on any atom is -0.460 e. The minimum absolute atomic E-state index is 0.0125. The molecule has 0 aromatic carbocycles. The molecule has 0 amide bonds. The summed E-state index contributed by atoms with van der Waals surface area (Å²) in [6.45, 7) is 6.17. The topological polar surface area (TPSA) is 61.8 Å². The molecule has 0 aromatic heterocycles. The fourth-order valence-electron chi connectivity index (χ4n) is 0.416. The smallest absolute Gasteiger partial charge is 0.339 e. The first-order chi connectivity index (χ1) is 6.04. The molecule has 0 unspecified atom stereocenters. The molecule has 0 saturated heterocycles. The molecule has 0 fully saturated rings. The van der Waals surface area contributed by atoms with E-state index in [0.717, 1.165) is 0 Å². The van der Waals surface area contributed by atoms with Gasteiger partial charge in [-0.1, -0.05) is 6.58 Å². The van der Waals surface area contributed by atoms with Crippen LogP contribution in [0.2, 0.25) is 0 Å². The number of rotatable bonds is 5. The molecule has 5 nitrogen and oxygen atoms in total. The van der Waals surface area contributed by atoms with Gasteiger partial charge in [0, 0.05) is 12.5 Å². The Hall–Kier alpha value is -1.36. The summed E-state index contributed by atoms with van der Waals surface area (Å²) in [5.74, 6) is -1.04. The Labute approximate surface area is 76.2 Å². The number of esters is 1. The summed E-state index contributed by atoms with van der Waals surface area (Å²) in [5, 5.41) is 0. The van der Waals surface area contributed by atoms with Gasteiger partial charge in [-0.05, 0) is 6.92 Å². The van der Waals surface area contributed by atoms with Crippen LogP contribution in [0.4, 0.5) is 0 Å². The Morgan fingerprint density at radius 2 is 1.85 bits per heavy atom. The maximum Gasteiger partial charge on any atom is 0.339 e. The van der Waals surface area contributed by atoms with E-state index in [1.807, 2.05) is 0 Å². The van der Waals surface area contributed by atoms with Crippen LogP contribution in [0.1, 0.15) is 13.8 Å². The van der Waals surface area contributed by atoms with Gasteiger partial charge in [0.1, 0.15) is 13.2 Å². The average Bonchev–Trinajstić information content (AvgIpc) is 2.02. The van der Waals surface area contributed by atoms with Gasteiger partial charge >= 0.3 is 11.9 Å². The highest BCUT2D eigenvalue weighted by Crippen LogP contribution is 1.91. The van der Waals surface area contributed by atoms with E-state index >= 15 is 0 Å². The lowest BCUT2D eigenvalue weighted by molar-refractivity contribution is -0.273. The van der Waals surface area contributed by atoms with E-state index in [4.69, 9.17) is 0 Å². The first-order valence-electron chi connectivity index (χ1n) is 3.66. The molecule has 13 heavy (non-hydrogen) atoms. The first kappa shape index (κ1) is 11.6. The summed E-state index contributed by atoms with van der Waals surface area (Å²) >= 11 is 0. The van der Waals surface area contributed by atoms with Crippen LogP contribution in [0, 0.1) is 0 Å². The number of ether oxygens (including phenoxy) is 1. The second kappa shape index (κ2) is 6.19. The molecule has 0 aliphatic rings. The highest BCUT2D eigenvalue weighted by atomic mass is 17.2. The van der Waals surface area contributed by atoms with E-state index in [2.05, 4.69) is 21.1 Å². The number of hydrogen-bond donors (Lipinski definition) is 0. The molecule has 0 N–H and O–H groups in total. The number of carbonyl (C=O) groups excluding carboxylic acids is 2. The Balaban J connectivity index is 3.31. The van der Waals surface area contributed by atoms with Crippen LogP contribution in [0.25, 0.3) is 0 Å². The van der Waals surface area contributed by atoms with E-state index < -0.39 is 11.9 Å². The Morgan fingerprint density at radius 3 is 2.31 bits per heavy atom. The number of carbonyl (C=O) groups is 2. The maximum atomic E-state index is 10.8. The molecular formula is C8H12O5. The van der Waals surface area contributed by atoms with Crippen molar-refractivity contribution < 1.29 is 24.1 Å². The average molecular weight is 188 g/mol. The number of hydrogen-bond acceptors (Lipinski definition) is 5. The van der Waals surface area contributed by atoms with E-state index in [1.54, 1.807) is 0 Å². The van der Waals surface area contributed by atoms with Gasteiger partial charge in [0.25, 0.3) is 0 Å². The molecule has 0 rings (SSSR count). The Morgan fingerprint density at radius 1 is 1.23 bits per heavy atom. The summed E-state index contributed by atoms with van der Waals surface area (Å²) in [4.78, 5) is 29.4. The van der Waals surface area contributed by atoms with Crippen LogP contribution < -0.4 is 0 Å². The molecule has 0 saturated carbocycles. The van der Waals surface area contributed by atoms with Crippen LogP contribution in [-0.4, -0.2) is 25.2 Å². The van der Waals surface area contributed by atoms with Gasteiger partial charge in [-0.25, -0.2) is 9.59 Å². The molecule has 0 spiro atoms. The normalized spacial score (nSPS) is 9.08. The van der Waals surface area contributed by atoms with Crippen molar-refractivity contribution in [2.75, 3.05) is 13.2 Å². The molecule has 74 valence electrons. The van der Waals surface area contributed by atoms with Crippen molar-refractivity contribution in [2.45, 2.75) is 13.8 Å². The van der Waals surface area contributed by atoms with E-state index in [-0.39, 0.29) is 13.2 Å². The zero-order valence-electron chi connectivity index (χ0n) is 7.66. The van der Waals surface area contributed by atoms with Crippen LogP contribution >= 0.6 is 0 Å². The fraction of sp³-hybridized carbons (Fsp3) is 0.500. The molecule has 0 atom stereocenters. The summed E-state index contributed by atoms with van der Waals surface area (Å²) < 4.78 is 4.63. The minimum atomic E-state index is -0.550. The molecule has 0 radical (unpaired) electrons. The molecular weight excluding hydrogens is 176 g/mol. The van der Waals surface area contributed by atoms with Crippen molar-refractivity contribution in [3.63, 3.8) is 0 Å². The first-order valence-corrected chi connectivity index (χ1v) is 3.66. The van der Waals surface area contributed by atoms with E-state index in [1.165, 1.54) is 13.8 Å². The third-order valence-corrected chi connectivity index (χ3v) is 0.925.